The van der Waals surface area contributed by atoms with Gasteiger partial charge in [0.25, 0.3) is 0 Å². The summed E-state index contributed by atoms with van der Waals surface area (Å²) in [7, 11) is 0. The van der Waals surface area contributed by atoms with E-state index in [1.165, 1.54) is 39.1 Å². The number of ketones is 1. The van der Waals surface area contributed by atoms with Crippen LogP contribution in [-0.2, 0) is 14.3 Å². The monoisotopic (exact) mass is 489 g/mol. The number of ether oxygens (including phenoxy) is 2. The third-order valence-electron chi connectivity index (χ3n) is 10.7. The Kier molecular flexibility index (Phi) is 3.82. The zero-order valence-electron chi connectivity index (χ0n) is 20.2. The number of Topliss-reactive ketones (excluding diaryl/α,β-unsaturated/α-hetero) is 1. The van der Waals surface area contributed by atoms with Crippen LogP contribution in [0.2, 0.25) is 0 Å². The van der Waals surface area contributed by atoms with Crippen molar-refractivity contribution in [3.8, 4) is 0 Å². The highest BCUT2D eigenvalue weighted by Crippen LogP contribution is 2.89. The minimum atomic E-state index is -2.73. The molecule has 190 valence electrons. The molecule has 0 aromatic carbocycles. The lowest BCUT2D eigenvalue weighted by atomic mass is 9.52. The van der Waals surface area contributed by atoms with Crippen LogP contribution in [0, 0.1) is 16.7 Å². The smallest absolute Gasteiger partial charge is 0.355 e. The first-order valence-electron chi connectivity index (χ1n) is 11.9. The second-order valence-electron chi connectivity index (χ2n) is 11.8. The van der Waals surface area contributed by atoms with Crippen molar-refractivity contribution >= 4 is 11.8 Å². The Morgan fingerprint density at radius 2 is 1.86 bits per heavy atom. The first-order chi connectivity index (χ1) is 16.0. The number of esters is 1. The molecule has 2 saturated heterocycles. The van der Waals surface area contributed by atoms with E-state index in [0.717, 1.165) is 0 Å². The molecule has 3 heterocycles. The summed E-state index contributed by atoms with van der Waals surface area (Å²) in [5.74, 6) is -4.84. The predicted octanol–water partition coefficient (Wildman–Crippen LogP) is -0.0593. The second-order valence-corrected chi connectivity index (χ2v) is 11.8. The summed E-state index contributed by atoms with van der Waals surface area (Å²) in [6, 6.07) is 3.02. The Balaban J connectivity index is 1.71. The number of nitrogens with one attached hydrogen (secondary N) is 1. The van der Waals surface area contributed by atoms with Crippen LogP contribution >= 0.6 is 0 Å². The van der Waals surface area contributed by atoms with Crippen molar-refractivity contribution in [2.75, 3.05) is 0 Å². The first kappa shape index (κ1) is 23.3. The summed E-state index contributed by atoms with van der Waals surface area (Å²) in [6.45, 7) is 7.48. The van der Waals surface area contributed by atoms with Gasteiger partial charge in [0, 0.05) is 18.0 Å². The van der Waals surface area contributed by atoms with Gasteiger partial charge < -0.3 is 40.0 Å². The summed E-state index contributed by atoms with van der Waals surface area (Å²) in [5.41, 5.74) is -16.0. The average molecular weight is 490 g/mol. The highest BCUT2D eigenvalue weighted by atomic mass is 16.7. The molecule has 10 heteroatoms. The van der Waals surface area contributed by atoms with E-state index in [1.807, 2.05) is 0 Å². The molecule has 7 rings (SSSR count). The van der Waals surface area contributed by atoms with Gasteiger partial charge >= 0.3 is 5.97 Å². The molecule has 1 aromatic heterocycles. The number of rotatable bonds is 3. The molecule has 5 fully saturated rings. The van der Waals surface area contributed by atoms with Crippen LogP contribution in [0.1, 0.15) is 57.9 Å². The van der Waals surface area contributed by atoms with Crippen LogP contribution < -0.4 is 0 Å². The average Bonchev–Trinajstić information content (AvgIpc) is 3.41. The van der Waals surface area contributed by atoms with E-state index in [-0.39, 0.29) is 17.7 Å². The van der Waals surface area contributed by atoms with E-state index in [0.29, 0.717) is 0 Å². The number of carbonyl (C=O) groups is 2. The molecule has 2 aliphatic heterocycles. The summed E-state index contributed by atoms with van der Waals surface area (Å²) < 4.78 is 11.9. The van der Waals surface area contributed by atoms with Gasteiger partial charge in [0.05, 0.1) is 5.41 Å². The maximum Gasteiger partial charge on any atom is 0.355 e. The molecule has 35 heavy (non-hydrogen) atoms. The molecule has 4 aliphatic carbocycles. The van der Waals surface area contributed by atoms with Crippen molar-refractivity contribution in [3.05, 3.63) is 35.7 Å². The molecule has 10 nitrogen and oxygen atoms in total. The van der Waals surface area contributed by atoms with E-state index in [1.54, 1.807) is 19.9 Å². The molecule has 1 unspecified atom stereocenters. The molecule has 1 aromatic rings. The number of H-pyrrole nitrogens is 1. The fraction of sp³-hybridized carbons (Fsp3) is 0.680. The van der Waals surface area contributed by atoms with Gasteiger partial charge in [-0.25, -0.2) is 4.79 Å². The molecule has 0 radical (unpaired) electrons. The van der Waals surface area contributed by atoms with Gasteiger partial charge in [0.2, 0.25) is 0 Å². The van der Waals surface area contributed by atoms with Gasteiger partial charge in [-0.1, -0.05) is 26.8 Å². The maximum absolute atomic E-state index is 13.8. The summed E-state index contributed by atoms with van der Waals surface area (Å²) in [6.07, 6.45) is 0.608. The number of aromatic nitrogens is 1. The van der Waals surface area contributed by atoms with Gasteiger partial charge in [-0.3, -0.25) is 4.79 Å². The number of hydrogen-bond donors (Lipinski definition) is 6. The zero-order valence-corrected chi connectivity index (χ0v) is 20.2. The van der Waals surface area contributed by atoms with E-state index < -0.39 is 74.8 Å². The zero-order chi connectivity index (χ0) is 25.8. The van der Waals surface area contributed by atoms with Crippen LogP contribution in [-0.4, -0.2) is 82.2 Å². The number of carbonyl (C=O) groups excluding carboxylic acids is 2. The third-order valence-corrected chi connectivity index (χ3v) is 10.7. The van der Waals surface area contributed by atoms with Crippen molar-refractivity contribution in [1.82, 2.24) is 4.98 Å². The third kappa shape index (κ3) is 1.67. The molecule has 6 bridgehead atoms. The van der Waals surface area contributed by atoms with Gasteiger partial charge in [-0.05, 0) is 43.9 Å². The number of hydrogen-bond acceptors (Lipinski definition) is 9. The van der Waals surface area contributed by atoms with Crippen LogP contribution in [0.3, 0.4) is 0 Å². The van der Waals surface area contributed by atoms with E-state index >= 15 is 0 Å². The van der Waals surface area contributed by atoms with Crippen molar-refractivity contribution in [3.63, 3.8) is 0 Å². The van der Waals surface area contributed by atoms with Crippen molar-refractivity contribution < 1.29 is 44.6 Å². The van der Waals surface area contributed by atoms with Gasteiger partial charge in [-0.2, -0.15) is 0 Å². The van der Waals surface area contributed by atoms with Crippen LogP contribution in [0.25, 0.3) is 0 Å². The first-order valence-corrected chi connectivity index (χ1v) is 11.9. The molecule has 6 N–H and O–H groups in total. The SMILES string of the molecule is CC1=CC[C@]2(O)[C@]3(C)C[C@]4(O)O[C@@]2(C1=O)[C@]1(O)[C@@]3(O)C(OC(=O)c2ccc[nH]2)[C@](O)(C(C)C)[C@@]14C. The van der Waals surface area contributed by atoms with Crippen LogP contribution in [0.15, 0.2) is 30.0 Å². The fourth-order valence-corrected chi connectivity index (χ4v) is 8.96. The molecule has 3 saturated carbocycles. The van der Waals surface area contributed by atoms with Crippen molar-refractivity contribution in [2.45, 2.75) is 87.4 Å². The lowest BCUT2D eigenvalue weighted by Gasteiger charge is -2.58. The Morgan fingerprint density at radius 1 is 1.20 bits per heavy atom. The standard InChI is InChI=1S/C25H31NO9/c1-12(2)22(31)17(34-16(28)14-7-6-10-26-14)23(32)18(4)11-21(30)19(22,5)25(23,33)24(35-21)15(27)13(3)8-9-20(18,24)29/h6-8,10,12,17,26,29-33H,9,11H2,1-5H3/t17?,18-,19-,20-,21-,22+,23+,24+,25+/m0/s1. The maximum atomic E-state index is 13.8. The molecule has 0 amide bonds. The Morgan fingerprint density at radius 3 is 2.43 bits per heavy atom. The Labute approximate surface area is 201 Å². The lowest BCUT2D eigenvalue weighted by molar-refractivity contribution is -0.366. The summed E-state index contributed by atoms with van der Waals surface area (Å²) >= 11 is 0. The normalized spacial score (nSPS) is 55.5. The van der Waals surface area contributed by atoms with Gasteiger partial charge in [-0.15, -0.1) is 0 Å². The summed E-state index contributed by atoms with van der Waals surface area (Å²) in [4.78, 5) is 29.7. The largest absolute Gasteiger partial charge is 0.451 e. The van der Waals surface area contributed by atoms with Crippen LogP contribution in [0.5, 0.6) is 0 Å². The minimum Gasteiger partial charge on any atom is -0.451 e. The lowest BCUT2D eigenvalue weighted by Crippen LogP contribution is -2.73. The topological polar surface area (TPSA) is 170 Å². The predicted molar refractivity (Wildman–Crippen MR) is 118 cm³/mol. The van der Waals surface area contributed by atoms with Gasteiger partial charge in [0.15, 0.2) is 28.9 Å². The highest BCUT2D eigenvalue weighted by molar-refractivity contribution is 6.07. The minimum absolute atomic E-state index is 0.0406. The van der Waals surface area contributed by atoms with E-state index in [2.05, 4.69) is 4.98 Å². The number of aliphatic hydroxyl groups is 5. The fourth-order valence-electron chi connectivity index (χ4n) is 8.96. The Bertz CT molecular complexity index is 1230. The summed E-state index contributed by atoms with van der Waals surface area (Å²) in [5, 5.41) is 62.0. The molecule has 9 atom stereocenters. The quantitative estimate of drug-likeness (QED) is 0.319. The molecule has 6 aliphatic rings. The molecular formula is C25H31NO9. The second kappa shape index (κ2) is 5.74. The van der Waals surface area contributed by atoms with Crippen molar-refractivity contribution in [1.29, 1.82) is 0 Å². The van der Waals surface area contributed by atoms with E-state index in [9.17, 15) is 35.1 Å². The van der Waals surface area contributed by atoms with E-state index in [4.69, 9.17) is 9.47 Å². The van der Waals surface area contributed by atoms with Crippen LogP contribution in [0.4, 0.5) is 0 Å². The highest BCUT2D eigenvalue weighted by Gasteiger charge is 3.10. The van der Waals surface area contributed by atoms with Gasteiger partial charge in [0.1, 0.15) is 22.5 Å². The number of aromatic amines is 1. The molecular weight excluding hydrogens is 458 g/mol. The molecule has 1 spiro atoms. The Hall–Kier alpha value is -2.08. The van der Waals surface area contributed by atoms with Crippen molar-refractivity contribution in [2.24, 2.45) is 16.7 Å².